The molecule has 0 aromatic carbocycles. The quantitative estimate of drug-likeness (QED) is 0.516. The van der Waals surface area contributed by atoms with Crippen molar-refractivity contribution >= 4 is 5.71 Å². The molecule has 1 heterocycles. The van der Waals surface area contributed by atoms with E-state index in [1.54, 1.807) is 12.1 Å². The van der Waals surface area contributed by atoms with E-state index in [4.69, 9.17) is 5.11 Å². The normalized spacial score (nSPS) is 14.1. The van der Waals surface area contributed by atoms with Crippen molar-refractivity contribution in [3.05, 3.63) is 53.7 Å². The van der Waals surface area contributed by atoms with Gasteiger partial charge in [0.2, 0.25) is 0 Å². The Balaban J connectivity index is 3.31. The fourth-order valence-corrected chi connectivity index (χ4v) is 1.31. The molecule has 0 saturated heterocycles. The molecule has 1 N–H and O–H groups in total. The average Bonchev–Trinajstić information content (AvgIpc) is 2.34. The fraction of sp³-hybridized carbons (Fsp3) is 0.231. The Labute approximate surface area is 108 Å². The second-order valence-corrected chi connectivity index (χ2v) is 3.86. The lowest BCUT2D eigenvalue weighted by Gasteiger charge is -2.12. The topological polar surface area (TPSA) is 45.5 Å². The van der Waals surface area contributed by atoms with Crippen LogP contribution in [0.15, 0.2) is 53.1 Å². The molecule has 1 aromatic rings. The van der Waals surface area contributed by atoms with Crippen LogP contribution in [-0.4, -0.2) is 22.0 Å². The molecule has 0 aliphatic heterocycles. The second-order valence-electron chi connectivity index (χ2n) is 3.86. The molecule has 0 unspecified atom stereocenters. The van der Waals surface area contributed by atoms with Gasteiger partial charge >= 0.3 is 6.18 Å². The van der Waals surface area contributed by atoms with E-state index in [0.29, 0.717) is 5.56 Å². The third-order valence-corrected chi connectivity index (χ3v) is 2.42. The Morgan fingerprint density at radius 1 is 1.37 bits per heavy atom. The molecule has 0 amide bonds. The molecule has 6 heteroatoms. The van der Waals surface area contributed by atoms with E-state index in [0.717, 1.165) is 6.92 Å². The van der Waals surface area contributed by atoms with Gasteiger partial charge in [-0.05, 0) is 19.9 Å². The Morgan fingerprint density at radius 2 is 2.00 bits per heavy atom. The lowest BCUT2D eigenvalue weighted by atomic mass is 10.1. The first kappa shape index (κ1) is 14.9. The van der Waals surface area contributed by atoms with E-state index < -0.39 is 23.2 Å². The van der Waals surface area contributed by atoms with E-state index in [-0.39, 0.29) is 5.71 Å². The number of aromatic nitrogens is 1. The number of hydrogen-bond acceptors (Lipinski definition) is 3. The van der Waals surface area contributed by atoms with E-state index in [1.165, 1.54) is 19.3 Å². The number of aliphatic hydroxyl groups excluding tert-OH is 1. The van der Waals surface area contributed by atoms with E-state index in [1.807, 2.05) is 0 Å². The van der Waals surface area contributed by atoms with Crippen molar-refractivity contribution < 1.29 is 18.3 Å². The molecule has 102 valence electrons. The van der Waals surface area contributed by atoms with Crippen LogP contribution in [0.4, 0.5) is 13.2 Å². The SMILES string of the molecule is C=C(O)/C(C)=C(/N=C(C)c1cccnc1)C(F)(F)F. The summed E-state index contributed by atoms with van der Waals surface area (Å²) in [5.74, 6) is -0.657. The highest BCUT2D eigenvalue weighted by atomic mass is 19.4. The van der Waals surface area contributed by atoms with Crippen LogP contribution in [0.3, 0.4) is 0 Å². The molecular weight excluding hydrogens is 257 g/mol. The summed E-state index contributed by atoms with van der Waals surface area (Å²) in [5, 5.41) is 9.10. The first-order valence-electron chi connectivity index (χ1n) is 5.35. The second kappa shape index (κ2) is 5.69. The molecule has 0 radical (unpaired) electrons. The summed E-state index contributed by atoms with van der Waals surface area (Å²) in [6.07, 6.45) is -1.74. The summed E-state index contributed by atoms with van der Waals surface area (Å²) in [6, 6.07) is 3.20. The Bertz CT molecular complexity index is 531. The van der Waals surface area contributed by atoms with Gasteiger partial charge in [-0.15, -0.1) is 0 Å². The molecule has 19 heavy (non-hydrogen) atoms. The molecular formula is C13H13F3N2O. The van der Waals surface area contributed by atoms with Gasteiger partial charge in [-0.3, -0.25) is 4.98 Å². The van der Waals surface area contributed by atoms with Crippen LogP contribution in [0.1, 0.15) is 19.4 Å². The third-order valence-electron chi connectivity index (χ3n) is 2.42. The van der Waals surface area contributed by atoms with Crippen molar-refractivity contribution in [1.82, 2.24) is 4.98 Å². The van der Waals surface area contributed by atoms with Crippen LogP contribution < -0.4 is 0 Å². The van der Waals surface area contributed by atoms with Crippen LogP contribution in [-0.2, 0) is 0 Å². The lowest BCUT2D eigenvalue weighted by molar-refractivity contribution is -0.0932. The Hall–Kier alpha value is -2.11. The zero-order chi connectivity index (χ0) is 14.6. The number of alkyl halides is 3. The maximum atomic E-state index is 12.9. The maximum absolute atomic E-state index is 12.9. The molecule has 3 nitrogen and oxygen atoms in total. The summed E-state index contributed by atoms with van der Waals surface area (Å²) in [5.41, 5.74) is -0.946. The highest BCUT2D eigenvalue weighted by Gasteiger charge is 2.36. The highest BCUT2D eigenvalue weighted by molar-refractivity contribution is 5.99. The minimum absolute atomic E-state index is 0.154. The number of hydrogen-bond donors (Lipinski definition) is 1. The van der Waals surface area contributed by atoms with Gasteiger partial charge in [-0.25, -0.2) is 4.99 Å². The third kappa shape index (κ3) is 3.94. The monoisotopic (exact) mass is 270 g/mol. The zero-order valence-corrected chi connectivity index (χ0v) is 10.5. The van der Waals surface area contributed by atoms with Gasteiger partial charge < -0.3 is 5.11 Å². The molecule has 0 aliphatic carbocycles. The molecule has 0 atom stereocenters. The van der Waals surface area contributed by atoms with Crippen LogP contribution in [0, 0.1) is 0 Å². The summed E-state index contributed by atoms with van der Waals surface area (Å²) in [6.45, 7) is 5.64. The predicted octanol–water partition coefficient (Wildman–Crippen LogP) is 3.80. The summed E-state index contributed by atoms with van der Waals surface area (Å²) >= 11 is 0. The van der Waals surface area contributed by atoms with Crippen LogP contribution in [0.2, 0.25) is 0 Å². The van der Waals surface area contributed by atoms with Gasteiger partial charge in [0.05, 0.1) is 0 Å². The van der Waals surface area contributed by atoms with Gasteiger partial charge in [0, 0.05) is 29.2 Å². The van der Waals surface area contributed by atoms with E-state index >= 15 is 0 Å². The van der Waals surface area contributed by atoms with Gasteiger partial charge in [0.1, 0.15) is 5.76 Å². The Morgan fingerprint density at radius 3 is 2.42 bits per heavy atom. The minimum Gasteiger partial charge on any atom is -0.508 e. The van der Waals surface area contributed by atoms with Crippen molar-refractivity contribution in [3.8, 4) is 0 Å². The molecule has 1 rings (SSSR count). The van der Waals surface area contributed by atoms with Crippen molar-refractivity contribution in [2.24, 2.45) is 4.99 Å². The van der Waals surface area contributed by atoms with Gasteiger partial charge in [0.25, 0.3) is 0 Å². The van der Waals surface area contributed by atoms with Crippen molar-refractivity contribution in [2.75, 3.05) is 0 Å². The fourth-order valence-electron chi connectivity index (χ4n) is 1.31. The van der Waals surface area contributed by atoms with Crippen molar-refractivity contribution in [2.45, 2.75) is 20.0 Å². The molecule has 0 fully saturated rings. The number of nitrogens with zero attached hydrogens (tertiary/aromatic N) is 2. The number of allylic oxidation sites excluding steroid dienone is 2. The number of pyridine rings is 1. The van der Waals surface area contributed by atoms with Gasteiger partial charge in [0.15, 0.2) is 5.70 Å². The van der Waals surface area contributed by atoms with Crippen LogP contribution in [0.25, 0.3) is 0 Å². The highest BCUT2D eigenvalue weighted by Crippen LogP contribution is 2.31. The summed E-state index contributed by atoms with van der Waals surface area (Å²) < 4.78 is 38.6. The molecule has 0 bridgehead atoms. The summed E-state index contributed by atoms with van der Waals surface area (Å²) in [4.78, 5) is 7.36. The van der Waals surface area contributed by atoms with Crippen LogP contribution in [0.5, 0.6) is 0 Å². The molecule has 0 saturated carbocycles. The van der Waals surface area contributed by atoms with E-state index in [9.17, 15) is 13.2 Å². The van der Waals surface area contributed by atoms with Crippen molar-refractivity contribution in [1.29, 1.82) is 0 Å². The Kier molecular flexibility index (Phi) is 4.47. The van der Waals surface area contributed by atoms with Gasteiger partial charge in [-0.2, -0.15) is 13.2 Å². The van der Waals surface area contributed by atoms with E-state index in [2.05, 4.69) is 16.6 Å². The largest absolute Gasteiger partial charge is 0.508 e. The van der Waals surface area contributed by atoms with Crippen molar-refractivity contribution in [3.63, 3.8) is 0 Å². The van der Waals surface area contributed by atoms with Gasteiger partial charge in [-0.1, -0.05) is 12.6 Å². The zero-order valence-electron chi connectivity index (χ0n) is 10.5. The standard InChI is InChI=1S/C13H13F3N2O/c1-8(10(3)19)12(13(14,15)16)18-9(2)11-5-4-6-17-7-11/h4-7,19H,3H2,1-2H3/b12-8+,18-9?. The number of aliphatic imine (C=N–C) groups is 1. The predicted molar refractivity (Wildman–Crippen MR) is 67.0 cm³/mol. The number of halogens is 3. The van der Waals surface area contributed by atoms with Crippen LogP contribution >= 0.6 is 0 Å². The number of rotatable bonds is 3. The summed E-state index contributed by atoms with van der Waals surface area (Å²) in [7, 11) is 0. The average molecular weight is 270 g/mol. The molecule has 0 aliphatic rings. The smallest absolute Gasteiger partial charge is 0.433 e. The first-order chi connectivity index (χ1) is 8.73. The first-order valence-corrected chi connectivity index (χ1v) is 5.35. The molecule has 1 aromatic heterocycles. The maximum Gasteiger partial charge on any atom is 0.433 e. The minimum atomic E-state index is -4.67. The lowest BCUT2D eigenvalue weighted by Crippen LogP contribution is -2.14. The number of aliphatic hydroxyl groups is 1. The molecule has 0 spiro atoms.